The fourth-order valence-corrected chi connectivity index (χ4v) is 2.71. The van der Waals surface area contributed by atoms with E-state index in [2.05, 4.69) is 10.5 Å². The summed E-state index contributed by atoms with van der Waals surface area (Å²) in [4.78, 5) is 23.1. The number of nitrogens with one attached hydrogen (secondary N) is 1. The molecule has 0 fully saturated rings. The van der Waals surface area contributed by atoms with Gasteiger partial charge in [-0.25, -0.2) is 10.2 Å². The summed E-state index contributed by atoms with van der Waals surface area (Å²) in [5.41, 5.74) is 4.13. The van der Waals surface area contributed by atoms with Gasteiger partial charge in [-0.3, -0.25) is 4.79 Å². The fraction of sp³-hybridized carbons (Fsp3) is 0.118. The number of nitrogens with zero attached hydrogens (tertiary/aromatic N) is 1. The summed E-state index contributed by atoms with van der Waals surface area (Å²) in [5, 5.41) is 8.50. The van der Waals surface area contributed by atoms with Gasteiger partial charge in [-0.1, -0.05) is 0 Å². The topological polar surface area (TPSA) is 80.9 Å². The molecule has 0 saturated carbocycles. The lowest BCUT2D eigenvalue weighted by Gasteiger charge is -2.06. The number of amides is 1. The van der Waals surface area contributed by atoms with Crippen LogP contribution in [0.1, 0.15) is 11.1 Å². The maximum Gasteiger partial charge on any atom is 0.336 e. The van der Waals surface area contributed by atoms with Crippen molar-refractivity contribution in [1.82, 2.24) is 5.43 Å². The second-order valence-electron chi connectivity index (χ2n) is 5.04. The zero-order chi connectivity index (χ0) is 16.9. The standard InChI is InChI=1S/C17H14N2O4S/c1-11-6-17(21)23-15-7-13(2-3-14(11)15)22-9-16(20)19-18-8-12-4-5-24-10-12/h2-8,10H,9H2,1H3,(H,19,20)/b18-8-. The highest BCUT2D eigenvalue weighted by Crippen LogP contribution is 2.22. The van der Waals surface area contributed by atoms with Gasteiger partial charge in [0, 0.05) is 23.1 Å². The highest BCUT2D eigenvalue weighted by molar-refractivity contribution is 7.08. The Morgan fingerprint density at radius 1 is 1.38 bits per heavy atom. The second-order valence-corrected chi connectivity index (χ2v) is 5.82. The van der Waals surface area contributed by atoms with E-state index in [-0.39, 0.29) is 12.5 Å². The van der Waals surface area contributed by atoms with Gasteiger partial charge in [0.2, 0.25) is 0 Å². The van der Waals surface area contributed by atoms with E-state index in [1.165, 1.54) is 6.07 Å². The Morgan fingerprint density at radius 3 is 3.04 bits per heavy atom. The molecular formula is C17H14N2O4S. The normalized spacial score (nSPS) is 11.0. The monoisotopic (exact) mass is 342 g/mol. The van der Waals surface area contributed by atoms with Crippen LogP contribution in [0.2, 0.25) is 0 Å². The lowest BCUT2D eigenvalue weighted by atomic mass is 10.1. The molecule has 2 aromatic heterocycles. The van der Waals surface area contributed by atoms with Crippen molar-refractivity contribution in [3.8, 4) is 5.75 Å². The van der Waals surface area contributed by atoms with Crippen LogP contribution in [0.5, 0.6) is 5.75 Å². The Labute approximate surface area is 141 Å². The molecule has 122 valence electrons. The molecule has 1 aromatic carbocycles. The van der Waals surface area contributed by atoms with Gasteiger partial charge in [0.1, 0.15) is 11.3 Å². The molecule has 0 bridgehead atoms. The van der Waals surface area contributed by atoms with Crippen molar-refractivity contribution in [3.05, 3.63) is 62.6 Å². The molecule has 0 aliphatic heterocycles. The third-order valence-electron chi connectivity index (χ3n) is 3.24. The van der Waals surface area contributed by atoms with Gasteiger partial charge in [0.15, 0.2) is 6.61 Å². The van der Waals surface area contributed by atoms with Gasteiger partial charge in [0.05, 0.1) is 6.21 Å². The van der Waals surface area contributed by atoms with Crippen molar-refractivity contribution >= 4 is 34.4 Å². The largest absolute Gasteiger partial charge is 0.484 e. The van der Waals surface area contributed by atoms with Crippen LogP contribution in [0.15, 0.2) is 55.4 Å². The van der Waals surface area contributed by atoms with E-state index in [0.717, 1.165) is 16.5 Å². The average molecular weight is 342 g/mol. The number of carbonyl (C=O) groups excluding carboxylic acids is 1. The summed E-state index contributed by atoms with van der Waals surface area (Å²) in [6.07, 6.45) is 1.56. The van der Waals surface area contributed by atoms with E-state index in [1.54, 1.807) is 35.8 Å². The number of ether oxygens (including phenoxy) is 1. The number of carbonyl (C=O) groups is 1. The molecule has 3 rings (SSSR count). The van der Waals surface area contributed by atoms with E-state index in [0.29, 0.717) is 11.3 Å². The Bertz CT molecular complexity index is 945. The van der Waals surface area contributed by atoms with Gasteiger partial charge >= 0.3 is 5.63 Å². The quantitative estimate of drug-likeness (QED) is 0.439. The molecule has 0 aliphatic rings. The van der Waals surface area contributed by atoms with Crippen molar-refractivity contribution < 1.29 is 13.9 Å². The van der Waals surface area contributed by atoms with Gasteiger partial charge in [0.25, 0.3) is 5.91 Å². The average Bonchev–Trinajstić information content (AvgIpc) is 3.05. The van der Waals surface area contributed by atoms with E-state index in [4.69, 9.17) is 9.15 Å². The highest BCUT2D eigenvalue weighted by atomic mass is 32.1. The number of hydrogen-bond acceptors (Lipinski definition) is 6. The Balaban J connectivity index is 1.61. The molecular weight excluding hydrogens is 328 g/mol. The first-order valence-electron chi connectivity index (χ1n) is 7.13. The van der Waals surface area contributed by atoms with Crippen LogP contribution in [-0.4, -0.2) is 18.7 Å². The Morgan fingerprint density at radius 2 is 2.25 bits per heavy atom. The predicted octanol–water partition coefficient (Wildman–Crippen LogP) is 2.69. The van der Waals surface area contributed by atoms with Crippen LogP contribution in [0.4, 0.5) is 0 Å². The number of benzene rings is 1. The lowest BCUT2D eigenvalue weighted by molar-refractivity contribution is -0.123. The summed E-state index contributed by atoms with van der Waals surface area (Å²) in [5.74, 6) is 0.0560. The Hall–Kier alpha value is -2.93. The zero-order valence-corrected chi connectivity index (χ0v) is 13.6. The third-order valence-corrected chi connectivity index (χ3v) is 3.94. The van der Waals surface area contributed by atoms with Crippen LogP contribution >= 0.6 is 11.3 Å². The summed E-state index contributed by atoms with van der Waals surface area (Å²) >= 11 is 1.55. The molecule has 0 saturated heterocycles. The predicted molar refractivity (Wildman–Crippen MR) is 92.8 cm³/mol. The van der Waals surface area contributed by atoms with Gasteiger partial charge in [-0.15, -0.1) is 0 Å². The molecule has 6 nitrogen and oxygen atoms in total. The van der Waals surface area contributed by atoms with Crippen LogP contribution < -0.4 is 15.8 Å². The molecule has 7 heteroatoms. The summed E-state index contributed by atoms with van der Waals surface area (Å²) < 4.78 is 10.5. The van der Waals surface area contributed by atoms with E-state index in [1.807, 2.05) is 23.8 Å². The first-order chi connectivity index (χ1) is 11.6. The molecule has 0 atom stereocenters. The second kappa shape index (κ2) is 7.10. The number of hydrazone groups is 1. The smallest absolute Gasteiger partial charge is 0.336 e. The molecule has 2 heterocycles. The van der Waals surface area contributed by atoms with Crippen molar-refractivity contribution in [1.29, 1.82) is 0 Å². The van der Waals surface area contributed by atoms with Crippen molar-refractivity contribution in [2.24, 2.45) is 5.10 Å². The third kappa shape index (κ3) is 3.88. The maximum atomic E-state index is 11.7. The molecule has 3 aromatic rings. The van der Waals surface area contributed by atoms with Crippen LogP contribution in [0.25, 0.3) is 11.0 Å². The van der Waals surface area contributed by atoms with E-state index >= 15 is 0 Å². The van der Waals surface area contributed by atoms with E-state index in [9.17, 15) is 9.59 Å². The van der Waals surface area contributed by atoms with Crippen LogP contribution in [0.3, 0.4) is 0 Å². The lowest BCUT2D eigenvalue weighted by Crippen LogP contribution is -2.24. The zero-order valence-electron chi connectivity index (χ0n) is 12.8. The molecule has 0 unspecified atom stereocenters. The first-order valence-corrected chi connectivity index (χ1v) is 8.07. The number of hydrogen-bond donors (Lipinski definition) is 1. The number of thiophene rings is 1. The Kier molecular flexibility index (Phi) is 4.72. The minimum atomic E-state index is -0.419. The first kappa shape index (κ1) is 15.9. The summed E-state index contributed by atoms with van der Waals surface area (Å²) in [6, 6.07) is 8.42. The van der Waals surface area contributed by atoms with Crippen molar-refractivity contribution in [2.75, 3.05) is 6.61 Å². The maximum absolute atomic E-state index is 11.7. The molecule has 24 heavy (non-hydrogen) atoms. The minimum Gasteiger partial charge on any atom is -0.484 e. The van der Waals surface area contributed by atoms with Crippen LogP contribution in [0, 0.1) is 6.92 Å². The van der Waals surface area contributed by atoms with Gasteiger partial charge in [-0.2, -0.15) is 16.4 Å². The summed E-state index contributed by atoms with van der Waals surface area (Å²) in [7, 11) is 0. The van der Waals surface area contributed by atoms with Crippen molar-refractivity contribution in [2.45, 2.75) is 6.92 Å². The van der Waals surface area contributed by atoms with Crippen molar-refractivity contribution in [3.63, 3.8) is 0 Å². The molecule has 0 aliphatic carbocycles. The number of aryl methyl sites for hydroxylation is 1. The van der Waals surface area contributed by atoms with E-state index < -0.39 is 5.63 Å². The SMILES string of the molecule is Cc1cc(=O)oc2cc(OCC(=O)N/N=C\c3ccsc3)ccc12. The fourth-order valence-electron chi connectivity index (χ4n) is 2.10. The molecule has 1 amide bonds. The molecule has 0 spiro atoms. The van der Waals surface area contributed by atoms with Gasteiger partial charge < -0.3 is 9.15 Å². The molecule has 1 N–H and O–H groups in total. The number of fused-ring (bicyclic) bond motifs is 1. The highest BCUT2D eigenvalue weighted by Gasteiger charge is 2.06. The van der Waals surface area contributed by atoms with Gasteiger partial charge in [-0.05, 0) is 41.4 Å². The molecule has 0 radical (unpaired) electrons. The summed E-state index contributed by atoms with van der Waals surface area (Å²) in [6.45, 7) is 1.64. The van der Waals surface area contributed by atoms with Crippen LogP contribution in [-0.2, 0) is 4.79 Å². The number of rotatable bonds is 5. The minimum absolute atomic E-state index is 0.192.